The number of carbonyl (C=O) groups is 2. The van der Waals surface area contributed by atoms with Crippen LogP contribution in [0, 0.1) is 0 Å². The Bertz CT molecular complexity index is 1790. The summed E-state index contributed by atoms with van der Waals surface area (Å²) in [5, 5.41) is 17.9. The van der Waals surface area contributed by atoms with Crippen molar-refractivity contribution in [2.75, 3.05) is 39.6 Å². The molecule has 8 nitrogen and oxygen atoms in total. The zero-order valence-electron chi connectivity index (χ0n) is 32.2. The maximum atomic E-state index is 11.6. The lowest BCUT2D eigenvalue weighted by Crippen LogP contribution is -2.14. The molecule has 0 amide bonds. The molecule has 292 valence electrons. The van der Waals surface area contributed by atoms with Crippen LogP contribution < -0.4 is 9.47 Å². The minimum atomic E-state index is -0.618. The van der Waals surface area contributed by atoms with Gasteiger partial charge in [0.2, 0.25) is 0 Å². The van der Waals surface area contributed by atoms with Gasteiger partial charge in [-0.1, -0.05) is 112 Å². The number of ether oxygens (including phenoxy) is 4. The van der Waals surface area contributed by atoms with Gasteiger partial charge in [0.1, 0.15) is 37.9 Å². The molecule has 2 N–H and O–H groups in total. The Morgan fingerprint density at radius 3 is 1.47 bits per heavy atom. The van der Waals surface area contributed by atoms with Crippen LogP contribution in [0.25, 0.3) is 11.1 Å². The molecule has 4 aromatic rings. The van der Waals surface area contributed by atoms with Crippen LogP contribution in [0.4, 0.5) is 0 Å². The molecule has 0 fully saturated rings. The lowest BCUT2D eigenvalue weighted by Gasteiger charge is -2.14. The summed E-state index contributed by atoms with van der Waals surface area (Å²) in [7, 11) is 0. The zero-order chi connectivity index (χ0) is 39.3. The van der Waals surface area contributed by atoms with Crippen molar-refractivity contribution >= 4 is 11.9 Å². The summed E-state index contributed by atoms with van der Waals surface area (Å²) in [6.07, 6.45) is 11.1. The number of benzene rings is 4. The second-order valence-corrected chi connectivity index (χ2v) is 13.6. The highest BCUT2D eigenvalue weighted by Gasteiger charge is 2.10. The van der Waals surface area contributed by atoms with Crippen molar-refractivity contribution in [1.29, 1.82) is 0 Å². The van der Waals surface area contributed by atoms with E-state index in [1.165, 1.54) is 65.5 Å². The number of aryl methyl sites for hydroxylation is 5. The van der Waals surface area contributed by atoms with E-state index in [1.807, 2.05) is 24.3 Å². The van der Waals surface area contributed by atoms with Gasteiger partial charge in [0.25, 0.3) is 0 Å². The van der Waals surface area contributed by atoms with Gasteiger partial charge >= 0.3 is 11.9 Å². The first kappa shape index (κ1) is 42.6. The standard InChI is InChI=1S/C47H56O8/c1-4-5-6-7-8-9-42-32-43(41-22-26-45(27-23-41)53-29-31-55-47(51)36(3)34-49)21-20-40(42)19-16-38-13-10-37(11-14-38)12-15-39-17-24-44(25-18-39)52-28-30-54-46(50)35(2)33-48/h10-11,13-14,17-18,20-27,32,48-49H,2-9,12,15-16,19,28-31,33-34H2,1H3. The van der Waals surface area contributed by atoms with Gasteiger partial charge in [-0.15, -0.1) is 0 Å². The first-order valence-electron chi connectivity index (χ1n) is 19.4. The number of carbonyl (C=O) groups excluding carboxylic acids is 2. The third kappa shape index (κ3) is 14.9. The SMILES string of the molecule is C=C(CO)C(=O)OCCOc1ccc(CCc2ccc(CCc3ccc(-c4ccc(OCCOC(=O)C(=C)CO)cc4)cc3CCCCCCC)cc2)cc1. The molecular formula is C47H56O8. The van der Waals surface area contributed by atoms with Crippen LogP contribution in [0.15, 0.2) is 115 Å². The summed E-state index contributed by atoms with van der Waals surface area (Å²) in [6.45, 7) is 8.92. The average molecular weight is 749 g/mol. The van der Waals surface area contributed by atoms with Crippen LogP contribution >= 0.6 is 0 Å². The minimum Gasteiger partial charge on any atom is -0.490 e. The van der Waals surface area contributed by atoms with Crippen molar-refractivity contribution in [2.24, 2.45) is 0 Å². The molecule has 0 bridgehead atoms. The van der Waals surface area contributed by atoms with Crippen molar-refractivity contribution < 1.29 is 38.7 Å². The first-order valence-corrected chi connectivity index (χ1v) is 19.4. The number of aliphatic hydroxyl groups is 2. The van der Waals surface area contributed by atoms with Crippen molar-refractivity contribution in [3.05, 3.63) is 143 Å². The Balaban J connectivity index is 1.27. The third-order valence-electron chi connectivity index (χ3n) is 9.40. The second-order valence-electron chi connectivity index (χ2n) is 13.6. The Labute approximate surface area is 326 Å². The molecule has 0 atom stereocenters. The number of esters is 2. The number of aliphatic hydroxyl groups excluding tert-OH is 2. The average Bonchev–Trinajstić information content (AvgIpc) is 3.22. The summed E-state index contributed by atoms with van der Waals surface area (Å²) < 4.78 is 21.5. The van der Waals surface area contributed by atoms with Crippen LogP contribution in [0.1, 0.15) is 66.8 Å². The molecule has 0 spiro atoms. The molecule has 0 heterocycles. The van der Waals surface area contributed by atoms with Crippen LogP contribution in [-0.4, -0.2) is 61.8 Å². The fourth-order valence-corrected chi connectivity index (χ4v) is 6.06. The van der Waals surface area contributed by atoms with E-state index in [9.17, 15) is 9.59 Å². The van der Waals surface area contributed by atoms with E-state index in [-0.39, 0.29) is 37.6 Å². The summed E-state index contributed by atoms with van der Waals surface area (Å²) in [6, 6.07) is 31.8. The topological polar surface area (TPSA) is 112 Å². The third-order valence-corrected chi connectivity index (χ3v) is 9.40. The lowest BCUT2D eigenvalue weighted by atomic mass is 9.92. The molecule has 0 unspecified atom stereocenters. The molecule has 0 aliphatic rings. The predicted molar refractivity (Wildman–Crippen MR) is 217 cm³/mol. The Kier molecular flexibility index (Phi) is 18.2. The van der Waals surface area contributed by atoms with Gasteiger partial charge in [-0.3, -0.25) is 0 Å². The van der Waals surface area contributed by atoms with Crippen LogP contribution in [0.5, 0.6) is 11.5 Å². The smallest absolute Gasteiger partial charge is 0.335 e. The normalized spacial score (nSPS) is 10.8. The van der Waals surface area contributed by atoms with Crippen molar-refractivity contribution in [3.63, 3.8) is 0 Å². The van der Waals surface area contributed by atoms with Gasteiger partial charge in [-0.25, -0.2) is 9.59 Å². The number of unbranched alkanes of at least 4 members (excludes halogenated alkanes) is 4. The maximum absolute atomic E-state index is 11.6. The first-order chi connectivity index (χ1) is 26.8. The molecular weight excluding hydrogens is 693 g/mol. The molecule has 0 saturated carbocycles. The molecule has 0 aromatic heterocycles. The Morgan fingerprint density at radius 2 is 0.964 bits per heavy atom. The van der Waals surface area contributed by atoms with Crippen molar-refractivity contribution in [2.45, 2.75) is 71.1 Å². The zero-order valence-corrected chi connectivity index (χ0v) is 32.2. The van der Waals surface area contributed by atoms with Gasteiger partial charge in [-0.05, 0) is 102 Å². The lowest BCUT2D eigenvalue weighted by molar-refractivity contribution is -0.141. The molecule has 0 aliphatic carbocycles. The molecule has 8 heteroatoms. The predicted octanol–water partition coefficient (Wildman–Crippen LogP) is 8.38. The molecule has 0 saturated heterocycles. The summed E-state index contributed by atoms with van der Waals surface area (Å²) in [4.78, 5) is 23.2. The van der Waals surface area contributed by atoms with E-state index in [0.29, 0.717) is 11.5 Å². The molecule has 0 aliphatic heterocycles. The number of hydrogen-bond donors (Lipinski definition) is 2. The largest absolute Gasteiger partial charge is 0.490 e. The molecule has 55 heavy (non-hydrogen) atoms. The van der Waals surface area contributed by atoms with E-state index < -0.39 is 25.2 Å². The van der Waals surface area contributed by atoms with E-state index in [2.05, 4.69) is 86.8 Å². The van der Waals surface area contributed by atoms with Crippen LogP contribution in [0.2, 0.25) is 0 Å². The fraction of sp³-hybridized carbons (Fsp3) is 0.362. The number of rotatable bonds is 25. The van der Waals surface area contributed by atoms with Crippen molar-refractivity contribution in [3.8, 4) is 22.6 Å². The molecule has 4 aromatic carbocycles. The van der Waals surface area contributed by atoms with Crippen molar-refractivity contribution in [1.82, 2.24) is 0 Å². The second kappa shape index (κ2) is 23.6. The van der Waals surface area contributed by atoms with Crippen LogP contribution in [0.3, 0.4) is 0 Å². The Morgan fingerprint density at radius 1 is 0.509 bits per heavy atom. The van der Waals surface area contributed by atoms with Gasteiger partial charge < -0.3 is 29.2 Å². The van der Waals surface area contributed by atoms with E-state index in [1.54, 1.807) is 0 Å². The van der Waals surface area contributed by atoms with Gasteiger partial charge in [0.05, 0.1) is 24.4 Å². The highest BCUT2D eigenvalue weighted by Crippen LogP contribution is 2.27. The molecule has 0 radical (unpaired) electrons. The number of hydrogen-bond acceptors (Lipinski definition) is 8. The fourth-order valence-electron chi connectivity index (χ4n) is 6.06. The molecule has 4 rings (SSSR count). The monoisotopic (exact) mass is 748 g/mol. The highest BCUT2D eigenvalue weighted by atomic mass is 16.6. The van der Waals surface area contributed by atoms with Gasteiger partial charge in [-0.2, -0.15) is 0 Å². The summed E-state index contributed by atoms with van der Waals surface area (Å²) in [5.74, 6) is 0.173. The van der Waals surface area contributed by atoms with E-state index in [4.69, 9.17) is 29.2 Å². The highest BCUT2D eigenvalue weighted by molar-refractivity contribution is 5.88. The Hall–Kier alpha value is -5.18. The van der Waals surface area contributed by atoms with E-state index in [0.717, 1.165) is 37.7 Å². The maximum Gasteiger partial charge on any atom is 0.335 e. The van der Waals surface area contributed by atoms with Gasteiger partial charge in [0.15, 0.2) is 0 Å². The minimum absolute atomic E-state index is 0.0229. The quantitative estimate of drug-likeness (QED) is 0.0395. The summed E-state index contributed by atoms with van der Waals surface area (Å²) in [5.41, 5.74) is 9.04. The van der Waals surface area contributed by atoms with E-state index >= 15 is 0 Å². The van der Waals surface area contributed by atoms with Gasteiger partial charge in [0, 0.05) is 0 Å². The summed E-state index contributed by atoms with van der Waals surface area (Å²) >= 11 is 0. The van der Waals surface area contributed by atoms with Crippen LogP contribution in [-0.2, 0) is 51.2 Å².